The summed E-state index contributed by atoms with van der Waals surface area (Å²) in [6.07, 6.45) is -0.786. The second-order valence-electron chi connectivity index (χ2n) is 4.42. The van der Waals surface area contributed by atoms with Crippen LogP contribution in [0.2, 0.25) is 5.15 Å². The van der Waals surface area contributed by atoms with Crippen molar-refractivity contribution in [2.24, 2.45) is 0 Å². The third-order valence-corrected chi connectivity index (χ3v) is 3.44. The van der Waals surface area contributed by atoms with Crippen LogP contribution in [0.3, 0.4) is 0 Å². The van der Waals surface area contributed by atoms with E-state index in [-0.39, 0.29) is 24.1 Å². The van der Waals surface area contributed by atoms with Gasteiger partial charge in [-0.1, -0.05) is 11.6 Å². The number of aliphatic hydroxyl groups is 1. The Labute approximate surface area is 113 Å². The average molecular weight is 287 g/mol. The number of hydrogen-bond acceptors (Lipinski definition) is 5. The predicted molar refractivity (Wildman–Crippen MR) is 67.5 cm³/mol. The Bertz CT molecular complexity index is 620. The van der Waals surface area contributed by atoms with E-state index in [0.717, 1.165) is 0 Å². The zero-order valence-electron chi connectivity index (χ0n) is 9.83. The second kappa shape index (κ2) is 4.59. The van der Waals surface area contributed by atoms with Gasteiger partial charge in [0.2, 0.25) is 5.95 Å². The summed E-state index contributed by atoms with van der Waals surface area (Å²) in [5.41, 5.74) is 5.97. The van der Waals surface area contributed by atoms with Gasteiger partial charge in [-0.15, -0.1) is 0 Å². The lowest BCUT2D eigenvalue weighted by atomic mass is 10.2. The molecule has 0 amide bonds. The van der Waals surface area contributed by atoms with Gasteiger partial charge in [0.1, 0.15) is 17.0 Å². The Morgan fingerprint density at radius 1 is 1.58 bits per heavy atom. The van der Waals surface area contributed by atoms with Gasteiger partial charge in [-0.25, -0.2) is 9.37 Å². The van der Waals surface area contributed by atoms with Crippen molar-refractivity contribution in [3.05, 3.63) is 17.4 Å². The lowest BCUT2D eigenvalue weighted by Crippen LogP contribution is -2.17. The minimum atomic E-state index is -1.22. The Balaban J connectivity index is 2.06. The van der Waals surface area contributed by atoms with Crippen LogP contribution in [0.25, 0.3) is 11.0 Å². The Morgan fingerprint density at radius 2 is 2.37 bits per heavy atom. The van der Waals surface area contributed by atoms with E-state index in [1.54, 1.807) is 12.3 Å². The number of fused-ring (bicyclic) bond motifs is 1. The molecule has 19 heavy (non-hydrogen) atoms. The lowest BCUT2D eigenvalue weighted by Gasteiger charge is -2.16. The van der Waals surface area contributed by atoms with E-state index in [1.807, 2.05) is 0 Å². The Morgan fingerprint density at radius 3 is 3.05 bits per heavy atom. The predicted octanol–water partition coefficient (Wildman–Crippen LogP) is 1.28. The van der Waals surface area contributed by atoms with Crippen molar-refractivity contribution in [1.82, 2.24) is 14.5 Å². The topological polar surface area (TPSA) is 86.2 Å². The molecule has 102 valence electrons. The number of rotatable bonds is 2. The third kappa shape index (κ3) is 2.03. The number of nitrogens with two attached hydrogens (primary N) is 1. The van der Waals surface area contributed by atoms with Gasteiger partial charge in [-0.3, -0.25) is 0 Å². The molecular formula is C11H12ClFN4O2. The molecule has 3 heterocycles. The van der Waals surface area contributed by atoms with E-state index in [1.165, 1.54) is 4.57 Å². The van der Waals surface area contributed by atoms with Gasteiger partial charge in [0.15, 0.2) is 6.23 Å². The normalized spacial score (nSPS) is 27.2. The van der Waals surface area contributed by atoms with Crippen LogP contribution in [0.4, 0.5) is 10.3 Å². The highest BCUT2D eigenvalue weighted by atomic mass is 35.5. The second-order valence-corrected chi connectivity index (χ2v) is 4.77. The molecule has 2 aromatic heterocycles. The van der Waals surface area contributed by atoms with Crippen molar-refractivity contribution >= 4 is 28.6 Å². The monoisotopic (exact) mass is 286 g/mol. The van der Waals surface area contributed by atoms with Gasteiger partial charge in [-0.05, 0) is 6.07 Å². The minimum Gasteiger partial charge on any atom is -0.394 e. The number of halogens is 2. The first kappa shape index (κ1) is 12.6. The maximum atomic E-state index is 14.0. The summed E-state index contributed by atoms with van der Waals surface area (Å²) in [5.74, 6) is 0.0181. The highest BCUT2D eigenvalue weighted by molar-refractivity contribution is 6.34. The van der Waals surface area contributed by atoms with E-state index < -0.39 is 18.5 Å². The van der Waals surface area contributed by atoms with Crippen molar-refractivity contribution < 1.29 is 14.2 Å². The molecule has 6 nitrogen and oxygen atoms in total. The molecule has 1 fully saturated rings. The van der Waals surface area contributed by atoms with E-state index >= 15 is 0 Å². The fraction of sp³-hybridized carbons (Fsp3) is 0.455. The van der Waals surface area contributed by atoms with Crippen molar-refractivity contribution in [2.45, 2.75) is 24.9 Å². The molecule has 0 aliphatic carbocycles. The molecule has 3 N–H and O–H groups in total. The number of alkyl halides is 1. The van der Waals surface area contributed by atoms with Crippen molar-refractivity contribution in [3.63, 3.8) is 0 Å². The molecule has 0 aromatic carbocycles. The van der Waals surface area contributed by atoms with Crippen LogP contribution in [-0.2, 0) is 4.74 Å². The van der Waals surface area contributed by atoms with Gasteiger partial charge >= 0.3 is 0 Å². The summed E-state index contributed by atoms with van der Waals surface area (Å²) in [5, 5.41) is 9.83. The molecule has 1 aliphatic heterocycles. The fourth-order valence-corrected chi connectivity index (χ4v) is 2.51. The number of anilines is 1. The summed E-state index contributed by atoms with van der Waals surface area (Å²) >= 11 is 5.96. The van der Waals surface area contributed by atoms with Crippen LogP contribution in [-0.4, -0.2) is 38.5 Å². The highest BCUT2D eigenvalue weighted by Gasteiger charge is 2.37. The van der Waals surface area contributed by atoms with Gasteiger partial charge < -0.3 is 20.1 Å². The quantitative estimate of drug-likeness (QED) is 0.812. The summed E-state index contributed by atoms with van der Waals surface area (Å²) in [6, 6.07) is 1.68. The molecule has 0 spiro atoms. The van der Waals surface area contributed by atoms with Crippen LogP contribution in [0.5, 0.6) is 0 Å². The number of nitrogens with zero attached hydrogens (tertiary/aromatic N) is 3. The van der Waals surface area contributed by atoms with Gasteiger partial charge in [0, 0.05) is 12.6 Å². The van der Waals surface area contributed by atoms with E-state index in [4.69, 9.17) is 27.2 Å². The molecule has 1 aliphatic rings. The molecule has 0 saturated carbocycles. The first-order chi connectivity index (χ1) is 9.10. The summed E-state index contributed by atoms with van der Waals surface area (Å²) in [6.45, 7) is -0.214. The molecule has 3 unspecified atom stereocenters. The average Bonchev–Trinajstić information content (AvgIpc) is 2.92. The van der Waals surface area contributed by atoms with Crippen LogP contribution in [0.1, 0.15) is 12.6 Å². The molecule has 0 radical (unpaired) electrons. The van der Waals surface area contributed by atoms with E-state index in [0.29, 0.717) is 11.0 Å². The number of nitrogen functional groups attached to an aromatic ring is 1. The largest absolute Gasteiger partial charge is 0.394 e. The molecule has 0 bridgehead atoms. The minimum absolute atomic E-state index is 0.0181. The number of aliphatic hydroxyl groups excluding tert-OH is 1. The Hall–Kier alpha value is -1.44. The number of ether oxygens (including phenoxy) is 1. The molecule has 2 aromatic rings. The van der Waals surface area contributed by atoms with E-state index in [9.17, 15) is 4.39 Å². The first-order valence-electron chi connectivity index (χ1n) is 5.80. The van der Waals surface area contributed by atoms with Crippen LogP contribution in [0.15, 0.2) is 12.3 Å². The third-order valence-electron chi connectivity index (χ3n) is 3.15. The van der Waals surface area contributed by atoms with Crippen LogP contribution in [0, 0.1) is 0 Å². The summed E-state index contributed by atoms with van der Waals surface area (Å²) in [4.78, 5) is 7.90. The highest BCUT2D eigenvalue weighted by Crippen LogP contribution is 2.34. The first-order valence-corrected chi connectivity index (χ1v) is 6.18. The summed E-state index contributed by atoms with van der Waals surface area (Å²) in [7, 11) is 0. The molecular weight excluding hydrogens is 275 g/mol. The maximum Gasteiger partial charge on any atom is 0.223 e. The van der Waals surface area contributed by atoms with Crippen molar-refractivity contribution in [3.8, 4) is 0 Å². The molecule has 3 rings (SSSR count). The zero-order valence-corrected chi connectivity index (χ0v) is 10.6. The number of hydrogen-bond donors (Lipinski definition) is 2. The van der Waals surface area contributed by atoms with Gasteiger partial charge in [0.05, 0.1) is 18.1 Å². The van der Waals surface area contributed by atoms with Gasteiger partial charge in [-0.2, -0.15) is 4.98 Å². The van der Waals surface area contributed by atoms with E-state index in [2.05, 4.69) is 9.97 Å². The molecule has 1 saturated heterocycles. The molecule has 3 atom stereocenters. The molecule has 8 heteroatoms. The fourth-order valence-electron chi connectivity index (χ4n) is 2.28. The SMILES string of the molecule is Nc1nc(Cl)c2ccn(C3OC(CO)CC3F)c2n1. The van der Waals surface area contributed by atoms with Crippen molar-refractivity contribution in [2.75, 3.05) is 12.3 Å². The lowest BCUT2D eigenvalue weighted by molar-refractivity contribution is -0.0348. The summed E-state index contributed by atoms with van der Waals surface area (Å²) < 4.78 is 20.9. The van der Waals surface area contributed by atoms with Crippen LogP contribution >= 0.6 is 11.6 Å². The van der Waals surface area contributed by atoms with Gasteiger partial charge in [0.25, 0.3) is 0 Å². The number of aromatic nitrogens is 3. The zero-order chi connectivity index (χ0) is 13.6. The smallest absolute Gasteiger partial charge is 0.223 e. The van der Waals surface area contributed by atoms with Crippen molar-refractivity contribution in [1.29, 1.82) is 0 Å². The maximum absolute atomic E-state index is 14.0. The van der Waals surface area contributed by atoms with Crippen LogP contribution < -0.4 is 5.73 Å². The Kier molecular flexibility index (Phi) is 3.04. The standard InChI is InChI=1S/C11H12ClFN4O2/c12-8-6-1-2-17(9(6)16-11(14)15-8)10-7(13)3-5(4-18)19-10/h1-2,5,7,10,18H,3-4H2,(H2,14,15,16).